The van der Waals surface area contributed by atoms with Crippen molar-refractivity contribution in [2.75, 3.05) is 55.6 Å². The number of imide groups is 1. The Labute approximate surface area is 327 Å². The van der Waals surface area contributed by atoms with Crippen LogP contribution < -0.4 is 20.4 Å². The van der Waals surface area contributed by atoms with E-state index in [1.165, 1.54) is 61.2 Å². The van der Waals surface area contributed by atoms with E-state index in [-0.39, 0.29) is 17.7 Å². The van der Waals surface area contributed by atoms with E-state index in [9.17, 15) is 14.4 Å². The van der Waals surface area contributed by atoms with Gasteiger partial charge in [0.05, 0.1) is 0 Å². The molecule has 3 aromatic rings. The van der Waals surface area contributed by atoms with Crippen LogP contribution in [0.4, 0.5) is 11.4 Å². The summed E-state index contributed by atoms with van der Waals surface area (Å²) in [4.78, 5) is 40.4. The highest BCUT2D eigenvalue weighted by Gasteiger charge is 2.37. The van der Waals surface area contributed by atoms with Crippen molar-refractivity contribution in [2.24, 2.45) is 11.8 Å². The Hall–Kier alpha value is -4.69. The molecule has 0 bridgehead atoms. The fourth-order valence-corrected chi connectivity index (χ4v) is 10.2. The zero-order chi connectivity index (χ0) is 37.9. The normalized spacial score (nSPS) is 24.7. The van der Waals surface area contributed by atoms with Crippen molar-refractivity contribution >= 4 is 29.1 Å². The number of anilines is 2. The second-order valence-corrected chi connectivity index (χ2v) is 16.8. The maximum Gasteiger partial charge on any atom is 0.251 e. The van der Waals surface area contributed by atoms with Gasteiger partial charge >= 0.3 is 0 Å². The van der Waals surface area contributed by atoms with Gasteiger partial charge in [-0.15, -0.1) is 0 Å². The monoisotopic (exact) mass is 739 g/mol. The number of piperidine rings is 2. The standard InChI is InChI=1S/C42H50N4O.C5H7NO2/c1-29-24-30(2)40-34(25-29)10-14-38(32-6-4-3-5-7-32)41(40)33-8-11-36(12-9-33)45-18-16-31(17-19-45)28-44-20-22-46(23-21-44)37-13-15-39-35(26-37)27-43-42(39)47;7-4-2-1-3-5(8)6-4/h3-9,11-13,15,25-26,30-31,38,41H,10,14,16-24,27-28H2,1-2H3,(H,43,47);1-3H2,(H,6,7,8). The van der Waals surface area contributed by atoms with E-state index in [1.54, 1.807) is 16.7 Å². The van der Waals surface area contributed by atoms with E-state index in [0.29, 0.717) is 43.6 Å². The van der Waals surface area contributed by atoms with Crippen molar-refractivity contribution in [1.29, 1.82) is 0 Å². The number of fused-ring (bicyclic) bond motifs is 1. The predicted octanol–water partition coefficient (Wildman–Crippen LogP) is 7.73. The first-order valence-corrected chi connectivity index (χ1v) is 20.8. The van der Waals surface area contributed by atoms with Crippen LogP contribution in [0.3, 0.4) is 0 Å². The van der Waals surface area contributed by atoms with Crippen LogP contribution in [0, 0.1) is 11.8 Å². The lowest BCUT2D eigenvalue weighted by atomic mass is 9.64. The second kappa shape index (κ2) is 16.6. The highest BCUT2D eigenvalue weighted by Crippen LogP contribution is 2.52. The Kier molecular flexibility index (Phi) is 11.2. The van der Waals surface area contributed by atoms with Crippen molar-refractivity contribution in [3.8, 4) is 0 Å². The van der Waals surface area contributed by atoms with Gasteiger partial charge in [-0.2, -0.15) is 0 Å². The predicted molar refractivity (Wildman–Crippen MR) is 220 cm³/mol. The summed E-state index contributed by atoms with van der Waals surface area (Å²) in [5, 5.41) is 5.14. The fourth-order valence-electron chi connectivity index (χ4n) is 10.2. The lowest BCUT2D eigenvalue weighted by Crippen LogP contribution is -2.49. The van der Waals surface area contributed by atoms with Crippen LogP contribution in [0.15, 0.2) is 95.6 Å². The van der Waals surface area contributed by atoms with Gasteiger partial charge in [-0.05, 0) is 116 Å². The number of amides is 3. The van der Waals surface area contributed by atoms with Crippen LogP contribution in [-0.2, 0) is 16.1 Å². The van der Waals surface area contributed by atoms with Gasteiger partial charge in [0.15, 0.2) is 0 Å². The highest BCUT2D eigenvalue weighted by molar-refractivity contribution is 5.99. The molecule has 2 aliphatic carbocycles. The van der Waals surface area contributed by atoms with Gasteiger partial charge in [0, 0.05) is 88.1 Å². The molecule has 3 saturated heterocycles. The molecule has 6 aliphatic rings. The van der Waals surface area contributed by atoms with E-state index in [0.717, 1.165) is 56.3 Å². The molecule has 3 aromatic carbocycles. The average molecular weight is 740 g/mol. The molecule has 2 N–H and O–H groups in total. The zero-order valence-corrected chi connectivity index (χ0v) is 32.7. The number of piperazine rings is 1. The van der Waals surface area contributed by atoms with Gasteiger partial charge in [0.25, 0.3) is 5.91 Å². The number of allylic oxidation sites excluding steroid dienone is 4. The molecular weight excluding hydrogens is 683 g/mol. The first-order chi connectivity index (χ1) is 26.8. The van der Waals surface area contributed by atoms with Crippen LogP contribution in [0.5, 0.6) is 0 Å². The van der Waals surface area contributed by atoms with Crippen molar-refractivity contribution in [3.05, 3.63) is 118 Å². The first kappa shape index (κ1) is 37.2. The van der Waals surface area contributed by atoms with Crippen LogP contribution in [0.2, 0.25) is 0 Å². The number of nitrogens with one attached hydrogen (secondary N) is 2. The lowest BCUT2D eigenvalue weighted by molar-refractivity contribution is -0.132. The van der Waals surface area contributed by atoms with Crippen molar-refractivity contribution in [3.63, 3.8) is 0 Å². The van der Waals surface area contributed by atoms with Gasteiger partial charge in [-0.3, -0.25) is 24.6 Å². The van der Waals surface area contributed by atoms with Gasteiger partial charge in [0.2, 0.25) is 11.8 Å². The molecule has 8 nitrogen and oxygen atoms in total. The largest absolute Gasteiger partial charge is 0.372 e. The summed E-state index contributed by atoms with van der Waals surface area (Å²) in [5.41, 5.74) is 12.5. The van der Waals surface area contributed by atoms with Crippen LogP contribution >= 0.6 is 0 Å². The van der Waals surface area contributed by atoms with Crippen molar-refractivity contribution in [2.45, 2.75) is 83.6 Å². The Bertz CT molecular complexity index is 1920. The maximum absolute atomic E-state index is 11.9. The van der Waals surface area contributed by atoms with E-state index in [1.807, 2.05) is 6.07 Å². The Balaban J connectivity index is 0.000000477. The molecular formula is C47H57N5O3. The summed E-state index contributed by atoms with van der Waals surface area (Å²) in [6, 6.07) is 27.4. The van der Waals surface area contributed by atoms with Crippen LogP contribution in [-0.4, -0.2) is 68.4 Å². The molecule has 3 unspecified atom stereocenters. The lowest BCUT2D eigenvalue weighted by Gasteiger charge is -2.41. The number of carbonyl (C=O) groups is 3. The smallest absolute Gasteiger partial charge is 0.251 e. The van der Waals surface area contributed by atoms with Crippen molar-refractivity contribution < 1.29 is 14.4 Å². The van der Waals surface area contributed by atoms with Crippen molar-refractivity contribution in [1.82, 2.24) is 15.5 Å². The van der Waals surface area contributed by atoms with E-state index >= 15 is 0 Å². The Morgan fingerprint density at radius 3 is 2.11 bits per heavy atom. The number of carbonyl (C=O) groups excluding carboxylic acids is 3. The molecule has 4 heterocycles. The van der Waals surface area contributed by atoms with Gasteiger partial charge in [0.1, 0.15) is 0 Å². The zero-order valence-electron chi connectivity index (χ0n) is 32.7. The summed E-state index contributed by atoms with van der Waals surface area (Å²) in [7, 11) is 0. The fraction of sp³-hybridized carbons (Fsp3) is 0.468. The number of hydrogen-bond donors (Lipinski definition) is 2. The third-order valence-corrected chi connectivity index (χ3v) is 13.0. The molecule has 0 aromatic heterocycles. The number of hydrogen-bond acceptors (Lipinski definition) is 6. The molecule has 55 heavy (non-hydrogen) atoms. The maximum atomic E-state index is 11.9. The van der Waals surface area contributed by atoms with Gasteiger partial charge < -0.3 is 15.1 Å². The molecule has 0 saturated carbocycles. The summed E-state index contributed by atoms with van der Waals surface area (Å²) in [5.74, 6) is 2.18. The highest BCUT2D eigenvalue weighted by atomic mass is 16.2. The molecule has 0 spiro atoms. The minimum atomic E-state index is -0.138. The van der Waals surface area contributed by atoms with Crippen LogP contribution in [0.1, 0.15) is 104 Å². The molecule has 3 fully saturated rings. The third-order valence-electron chi connectivity index (χ3n) is 13.0. The molecule has 0 radical (unpaired) electrons. The quantitative estimate of drug-likeness (QED) is 0.252. The van der Waals surface area contributed by atoms with E-state index < -0.39 is 0 Å². The van der Waals surface area contributed by atoms with E-state index in [2.05, 4.69) is 112 Å². The molecule has 8 heteroatoms. The number of benzene rings is 3. The Morgan fingerprint density at radius 2 is 1.42 bits per heavy atom. The average Bonchev–Trinajstić information content (AvgIpc) is 3.58. The minimum absolute atomic E-state index is 0.0640. The molecule has 288 valence electrons. The third kappa shape index (κ3) is 8.45. The molecule has 4 aliphatic heterocycles. The summed E-state index contributed by atoms with van der Waals surface area (Å²) < 4.78 is 0. The molecule has 3 atom stereocenters. The Morgan fingerprint density at radius 1 is 0.727 bits per heavy atom. The van der Waals surface area contributed by atoms with Gasteiger partial charge in [-0.25, -0.2) is 0 Å². The van der Waals surface area contributed by atoms with E-state index in [4.69, 9.17) is 0 Å². The molecule has 3 amide bonds. The van der Waals surface area contributed by atoms with Gasteiger partial charge in [-0.1, -0.05) is 66.6 Å². The minimum Gasteiger partial charge on any atom is -0.372 e. The number of rotatable bonds is 6. The second-order valence-electron chi connectivity index (χ2n) is 16.8. The topological polar surface area (TPSA) is 85.0 Å². The SMILES string of the molecule is CC1=CC2=C(C(C)C1)C(c1ccc(N3CCC(CN4CCN(c5ccc6c(c5)CNC6=O)CC4)CC3)cc1)C(c1ccccc1)CC2.O=C1CCCC(=O)N1. The summed E-state index contributed by atoms with van der Waals surface area (Å²) in [6.07, 6.45) is 10.4. The van der Waals surface area contributed by atoms with Crippen LogP contribution in [0.25, 0.3) is 0 Å². The summed E-state index contributed by atoms with van der Waals surface area (Å²) in [6.45, 7) is 13.3. The first-order valence-electron chi connectivity index (χ1n) is 20.8. The number of nitrogens with zero attached hydrogens (tertiary/aromatic N) is 3. The summed E-state index contributed by atoms with van der Waals surface area (Å²) >= 11 is 0. The molecule has 9 rings (SSSR count).